The highest BCUT2D eigenvalue weighted by Crippen LogP contribution is 2.34. The lowest BCUT2D eigenvalue weighted by Gasteiger charge is -2.20. The van der Waals surface area contributed by atoms with E-state index in [4.69, 9.17) is 9.47 Å². The van der Waals surface area contributed by atoms with Crippen LogP contribution in [0.15, 0.2) is 52.0 Å². The Kier molecular flexibility index (Phi) is 5.97. The standard InChI is InChI=1S/C20H18BrN3O5/c1-11(25)22-16-6-4-5-14(9-16)20-24(12(2)26)23-19(29-20)17-10-15(21)7-8-18(17)28-13(3)27/h4-10,20H,1-3H3,(H,22,25)/t20-/m1/s1. The summed E-state index contributed by atoms with van der Waals surface area (Å²) in [5, 5.41) is 8.18. The molecule has 1 N–H and O–H groups in total. The van der Waals surface area contributed by atoms with E-state index < -0.39 is 12.2 Å². The largest absolute Gasteiger partial charge is 0.446 e. The number of esters is 1. The molecule has 2 aromatic carbocycles. The number of carbonyl (C=O) groups excluding carboxylic acids is 3. The number of halogens is 1. The van der Waals surface area contributed by atoms with Gasteiger partial charge in [0.2, 0.25) is 23.9 Å². The summed E-state index contributed by atoms with van der Waals surface area (Å²) in [7, 11) is 0. The normalized spacial score (nSPS) is 15.4. The maximum Gasteiger partial charge on any atom is 0.308 e. The molecular formula is C20H18BrN3O5. The number of hydrazone groups is 1. The third kappa shape index (κ3) is 4.80. The molecule has 0 fully saturated rings. The molecular weight excluding hydrogens is 442 g/mol. The SMILES string of the molecule is CC(=O)Nc1cccc([C@H]2OC(c3cc(Br)ccc3OC(C)=O)=NN2C(C)=O)c1. The predicted octanol–water partition coefficient (Wildman–Crippen LogP) is 3.57. The van der Waals surface area contributed by atoms with Crippen LogP contribution in [-0.4, -0.2) is 28.7 Å². The highest BCUT2D eigenvalue weighted by molar-refractivity contribution is 9.10. The van der Waals surface area contributed by atoms with Crippen molar-refractivity contribution >= 4 is 45.3 Å². The molecule has 0 saturated heterocycles. The molecule has 3 rings (SSSR count). The number of ether oxygens (including phenoxy) is 2. The van der Waals surface area contributed by atoms with E-state index in [0.717, 1.165) is 4.47 Å². The van der Waals surface area contributed by atoms with Crippen molar-refractivity contribution in [3.05, 3.63) is 58.1 Å². The molecule has 1 atom stereocenters. The van der Waals surface area contributed by atoms with Gasteiger partial charge in [-0.25, -0.2) is 0 Å². The van der Waals surface area contributed by atoms with Gasteiger partial charge in [-0.2, -0.15) is 5.01 Å². The van der Waals surface area contributed by atoms with Gasteiger partial charge in [0.15, 0.2) is 0 Å². The summed E-state index contributed by atoms with van der Waals surface area (Å²) in [6, 6.07) is 11.9. The van der Waals surface area contributed by atoms with E-state index in [1.807, 2.05) is 0 Å². The first kappa shape index (κ1) is 20.5. The number of hydrogen-bond donors (Lipinski definition) is 1. The van der Waals surface area contributed by atoms with Crippen molar-refractivity contribution in [3.63, 3.8) is 0 Å². The zero-order chi connectivity index (χ0) is 21.1. The Morgan fingerprint density at radius 3 is 2.55 bits per heavy atom. The van der Waals surface area contributed by atoms with E-state index in [-0.39, 0.29) is 23.5 Å². The lowest BCUT2D eigenvalue weighted by molar-refractivity contribution is -0.135. The Morgan fingerprint density at radius 2 is 1.90 bits per heavy atom. The summed E-state index contributed by atoms with van der Waals surface area (Å²) < 4.78 is 11.9. The van der Waals surface area contributed by atoms with Crippen molar-refractivity contribution in [3.8, 4) is 5.75 Å². The average molecular weight is 460 g/mol. The minimum Gasteiger partial charge on any atom is -0.446 e. The van der Waals surface area contributed by atoms with Gasteiger partial charge in [0, 0.05) is 36.5 Å². The fraction of sp³-hybridized carbons (Fsp3) is 0.200. The zero-order valence-corrected chi connectivity index (χ0v) is 17.5. The topological polar surface area (TPSA) is 97.3 Å². The second-order valence-corrected chi connectivity index (χ2v) is 7.20. The molecule has 0 radical (unpaired) electrons. The van der Waals surface area contributed by atoms with Crippen LogP contribution in [0.5, 0.6) is 5.75 Å². The molecule has 150 valence electrons. The molecule has 1 aliphatic heterocycles. The summed E-state index contributed by atoms with van der Waals surface area (Å²) in [5.74, 6) is -0.646. The van der Waals surface area contributed by atoms with E-state index in [0.29, 0.717) is 16.8 Å². The third-order valence-electron chi connectivity index (χ3n) is 3.88. The summed E-state index contributed by atoms with van der Waals surface area (Å²) in [6.07, 6.45) is -0.833. The van der Waals surface area contributed by atoms with Gasteiger partial charge in [-0.3, -0.25) is 14.4 Å². The second-order valence-electron chi connectivity index (χ2n) is 6.28. The van der Waals surface area contributed by atoms with Gasteiger partial charge in [-0.15, -0.1) is 5.10 Å². The van der Waals surface area contributed by atoms with Gasteiger partial charge in [-0.05, 0) is 30.3 Å². The molecule has 8 nitrogen and oxygen atoms in total. The molecule has 0 aromatic heterocycles. The molecule has 0 saturated carbocycles. The van der Waals surface area contributed by atoms with Crippen LogP contribution in [0.4, 0.5) is 5.69 Å². The quantitative estimate of drug-likeness (QED) is 0.556. The maximum atomic E-state index is 12.2. The van der Waals surface area contributed by atoms with Gasteiger partial charge < -0.3 is 14.8 Å². The number of carbonyl (C=O) groups is 3. The highest BCUT2D eigenvalue weighted by atomic mass is 79.9. The van der Waals surface area contributed by atoms with E-state index in [9.17, 15) is 14.4 Å². The smallest absolute Gasteiger partial charge is 0.308 e. The Hall–Kier alpha value is -3.20. The summed E-state index contributed by atoms with van der Waals surface area (Å²) in [6.45, 7) is 4.07. The Morgan fingerprint density at radius 1 is 1.14 bits per heavy atom. The summed E-state index contributed by atoms with van der Waals surface area (Å²) in [4.78, 5) is 34.9. The van der Waals surface area contributed by atoms with E-state index >= 15 is 0 Å². The number of nitrogens with one attached hydrogen (secondary N) is 1. The van der Waals surface area contributed by atoms with Crippen LogP contribution < -0.4 is 10.1 Å². The number of rotatable bonds is 4. The molecule has 29 heavy (non-hydrogen) atoms. The number of nitrogens with zero attached hydrogens (tertiary/aromatic N) is 2. The van der Waals surface area contributed by atoms with E-state index in [1.54, 1.807) is 42.5 Å². The van der Waals surface area contributed by atoms with Crippen molar-refractivity contribution in [2.24, 2.45) is 5.10 Å². The molecule has 1 heterocycles. The molecule has 0 unspecified atom stereocenters. The van der Waals surface area contributed by atoms with Crippen molar-refractivity contribution in [1.29, 1.82) is 0 Å². The van der Waals surface area contributed by atoms with Crippen LogP contribution in [-0.2, 0) is 19.1 Å². The van der Waals surface area contributed by atoms with Gasteiger partial charge in [-0.1, -0.05) is 28.1 Å². The van der Waals surface area contributed by atoms with Gasteiger partial charge >= 0.3 is 5.97 Å². The molecule has 1 aliphatic rings. The van der Waals surface area contributed by atoms with Crippen LogP contribution >= 0.6 is 15.9 Å². The number of anilines is 1. The minimum atomic E-state index is -0.833. The number of hydrogen-bond acceptors (Lipinski definition) is 6. The van der Waals surface area contributed by atoms with Crippen molar-refractivity contribution in [2.75, 3.05) is 5.32 Å². The van der Waals surface area contributed by atoms with Gasteiger partial charge in [0.1, 0.15) is 5.75 Å². The van der Waals surface area contributed by atoms with Crippen LogP contribution in [0.2, 0.25) is 0 Å². The third-order valence-corrected chi connectivity index (χ3v) is 4.38. The van der Waals surface area contributed by atoms with Crippen molar-refractivity contribution in [2.45, 2.75) is 27.0 Å². The Balaban J connectivity index is 1.98. The van der Waals surface area contributed by atoms with Crippen LogP contribution in [0.1, 0.15) is 38.1 Å². The molecule has 2 aromatic rings. The molecule has 2 amide bonds. The number of amides is 2. The molecule has 0 bridgehead atoms. The summed E-state index contributed by atoms with van der Waals surface area (Å²) >= 11 is 3.37. The van der Waals surface area contributed by atoms with E-state index in [2.05, 4.69) is 26.3 Å². The van der Waals surface area contributed by atoms with Crippen LogP contribution in [0.25, 0.3) is 0 Å². The lowest BCUT2D eigenvalue weighted by Crippen LogP contribution is -2.25. The monoisotopic (exact) mass is 459 g/mol. The predicted molar refractivity (Wildman–Crippen MR) is 109 cm³/mol. The zero-order valence-electron chi connectivity index (χ0n) is 15.9. The molecule has 0 spiro atoms. The Bertz CT molecular complexity index is 1020. The van der Waals surface area contributed by atoms with Gasteiger partial charge in [0.25, 0.3) is 0 Å². The van der Waals surface area contributed by atoms with Gasteiger partial charge in [0.05, 0.1) is 5.56 Å². The first-order chi connectivity index (χ1) is 13.7. The fourth-order valence-corrected chi connectivity index (χ4v) is 3.14. The first-order valence-corrected chi connectivity index (χ1v) is 9.45. The number of benzene rings is 2. The summed E-state index contributed by atoms with van der Waals surface area (Å²) in [5.41, 5.74) is 1.61. The fourth-order valence-electron chi connectivity index (χ4n) is 2.78. The maximum absolute atomic E-state index is 12.2. The second kappa shape index (κ2) is 8.44. The minimum absolute atomic E-state index is 0.132. The Labute approximate surface area is 175 Å². The van der Waals surface area contributed by atoms with Crippen molar-refractivity contribution < 1.29 is 23.9 Å². The van der Waals surface area contributed by atoms with Crippen molar-refractivity contribution in [1.82, 2.24) is 5.01 Å². The average Bonchev–Trinajstić information content (AvgIpc) is 3.08. The van der Waals surface area contributed by atoms with Crippen LogP contribution in [0.3, 0.4) is 0 Å². The molecule has 9 heteroatoms. The molecule has 0 aliphatic carbocycles. The van der Waals surface area contributed by atoms with Crippen LogP contribution in [0, 0.1) is 0 Å². The lowest BCUT2D eigenvalue weighted by atomic mass is 10.1. The van der Waals surface area contributed by atoms with E-state index in [1.165, 1.54) is 25.8 Å². The first-order valence-electron chi connectivity index (χ1n) is 8.65. The highest BCUT2D eigenvalue weighted by Gasteiger charge is 2.34.